The number of rotatable bonds is 7. The first kappa shape index (κ1) is 64.1. The zero-order chi connectivity index (χ0) is 93.8. The summed E-state index contributed by atoms with van der Waals surface area (Å²) < 4.78 is 113. The molecule has 0 atom stereocenters. The molecular formula is C125H78O4. The molecule has 0 unspecified atom stereocenters. The van der Waals surface area contributed by atoms with Crippen LogP contribution in [0.25, 0.3) is 263 Å². The van der Waals surface area contributed by atoms with Crippen molar-refractivity contribution in [3.8, 4) is 89.0 Å². The highest BCUT2D eigenvalue weighted by Gasteiger charge is 2.38. The van der Waals surface area contributed by atoms with E-state index in [0.717, 1.165) is 131 Å². The quantitative estimate of drug-likeness (QED) is 0.149. The van der Waals surface area contributed by atoms with Gasteiger partial charge in [-0.2, -0.15) is 0 Å². The van der Waals surface area contributed by atoms with Crippen molar-refractivity contribution < 1.29 is 31.4 Å². The van der Waals surface area contributed by atoms with Gasteiger partial charge in [0.05, 0.1) is 19.3 Å². The number of furan rings is 4. The molecule has 1 aliphatic rings. The largest absolute Gasteiger partial charge is 0.455 e. The van der Waals surface area contributed by atoms with Gasteiger partial charge < -0.3 is 17.7 Å². The maximum Gasteiger partial charge on any atom is 0.147 e. The van der Waals surface area contributed by atoms with E-state index in [4.69, 9.17) is 31.4 Å². The molecule has 23 aromatic carbocycles. The van der Waals surface area contributed by atoms with E-state index in [1.54, 1.807) is 0 Å². The monoisotopic (exact) mass is 1650 g/mol. The van der Waals surface area contributed by atoms with E-state index in [1.165, 1.54) is 98.7 Å². The number of benzene rings is 23. The third-order valence-corrected chi connectivity index (χ3v) is 26.9. The van der Waals surface area contributed by atoms with E-state index in [9.17, 15) is 0 Å². The van der Waals surface area contributed by atoms with E-state index < -0.39 is 12.1 Å². The van der Waals surface area contributed by atoms with Crippen LogP contribution in [0.3, 0.4) is 0 Å². The molecular weight excluding hydrogens is 1570 g/mol. The Morgan fingerprint density at radius 2 is 0.566 bits per heavy atom. The van der Waals surface area contributed by atoms with Crippen LogP contribution in [-0.2, 0) is 5.41 Å². The molecule has 129 heavy (non-hydrogen) atoms. The van der Waals surface area contributed by atoms with Crippen LogP contribution < -0.4 is 0 Å². The second kappa shape index (κ2) is 29.2. The minimum Gasteiger partial charge on any atom is -0.455 e. The summed E-state index contributed by atoms with van der Waals surface area (Å²) in [5, 5.41) is 25.2. The molecule has 0 N–H and O–H groups in total. The van der Waals surface area contributed by atoms with Crippen LogP contribution in [0.5, 0.6) is 0 Å². The summed E-state index contributed by atoms with van der Waals surface area (Å²) in [6, 6.07) is 127. The molecule has 602 valence electrons. The predicted molar refractivity (Wildman–Crippen MR) is 544 cm³/mol. The fourth-order valence-corrected chi connectivity index (χ4v) is 21.4. The SMILES string of the molecule is CC1(C)c2ccccc2-c2c1ccc1c2oc2cccc(-c3c4ccccc4c(-c4ccccc4)c4ccccc34)c21.[2H]c1c([2H])c([2H])c(-c2c3ccccc3c(-c3c4oc5ccccc5c4cc4c3oc3ccccc34)c3ccccc23)c([2H])c1[2H].[2H]c1c([2H])c([2H])c(-c2ccc(-c3c4ccccc4c(-c4cccc5ccccc45)c4ccccc34)c3c2oc2cc4ccccc4cc23)c([2H])c1[2H]. The van der Waals surface area contributed by atoms with E-state index in [1.807, 2.05) is 121 Å². The number of fused-ring (bicyclic) bond motifs is 24. The summed E-state index contributed by atoms with van der Waals surface area (Å²) in [6.45, 7) is 4.65. The Labute approximate surface area is 756 Å². The van der Waals surface area contributed by atoms with Crippen LogP contribution in [0.1, 0.15) is 38.7 Å². The van der Waals surface area contributed by atoms with Crippen molar-refractivity contribution in [1.82, 2.24) is 0 Å². The summed E-state index contributed by atoms with van der Waals surface area (Å²) in [5.41, 5.74) is 23.5. The molecule has 0 bridgehead atoms. The molecule has 27 aromatic rings. The Morgan fingerprint density at radius 1 is 0.186 bits per heavy atom. The summed E-state index contributed by atoms with van der Waals surface area (Å²) in [6.07, 6.45) is 0. The Balaban J connectivity index is 0.000000108. The van der Waals surface area contributed by atoms with Gasteiger partial charge in [0.2, 0.25) is 0 Å². The summed E-state index contributed by atoms with van der Waals surface area (Å²) in [5.74, 6) is 0. The number of para-hydroxylation sites is 2. The predicted octanol–water partition coefficient (Wildman–Crippen LogP) is 35.9. The molecule has 4 nitrogen and oxygen atoms in total. The molecule has 4 heteroatoms. The highest BCUT2D eigenvalue weighted by atomic mass is 16.3. The van der Waals surface area contributed by atoms with Crippen LogP contribution in [0, 0.1) is 0 Å². The molecule has 4 aromatic heterocycles. The van der Waals surface area contributed by atoms with Crippen molar-refractivity contribution in [3.05, 3.63) is 448 Å². The van der Waals surface area contributed by atoms with Crippen molar-refractivity contribution >= 4 is 174 Å². The summed E-state index contributed by atoms with van der Waals surface area (Å²) in [7, 11) is 0. The highest BCUT2D eigenvalue weighted by Crippen LogP contribution is 2.57. The van der Waals surface area contributed by atoms with Gasteiger partial charge in [0.15, 0.2) is 0 Å². The Bertz CT molecular complexity index is 9710. The fraction of sp³-hybridized carbons (Fsp3) is 0.0240. The van der Waals surface area contributed by atoms with Crippen molar-refractivity contribution in [2.75, 3.05) is 0 Å². The van der Waals surface area contributed by atoms with Gasteiger partial charge in [-0.05, 0) is 207 Å². The molecule has 1 aliphatic carbocycles. The van der Waals surface area contributed by atoms with Crippen LogP contribution in [-0.4, -0.2) is 0 Å². The van der Waals surface area contributed by atoms with Gasteiger partial charge in [0.25, 0.3) is 0 Å². The van der Waals surface area contributed by atoms with Gasteiger partial charge in [-0.3, -0.25) is 0 Å². The first-order chi connectivity index (χ1) is 68.0. The van der Waals surface area contributed by atoms with Gasteiger partial charge in [0.1, 0.15) is 44.7 Å². The Hall–Kier alpha value is -16.7. The molecule has 28 rings (SSSR count). The molecule has 0 saturated carbocycles. The fourth-order valence-electron chi connectivity index (χ4n) is 21.4. The zero-order valence-corrected chi connectivity index (χ0v) is 69.9. The maximum absolute atomic E-state index is 8.88. The number of hydrogen-bond acceptors (Lipinski definition) is 4. The standard InChI is InChI=1S/C46H28O.C41H28O.C38H22O2/c1-2-13-30(14-3-1)34-25-26-40(45-41-27-31-16-4-5-17-32(31)28-42(41)47-46(34)45)44-38-22-10-8-20-36(38)43(37-21-9-11-23-39(37)44)35-24-12-18-29-15-6-7-19-33(29)35;1-41(2)33-21-11-10-19-30(33)39-34(41)24-23-32-38-31(20-12-22-35(38)42-40(32)39)37-28-17-8-6-15-26(28)36(25-13-4-3-5-14-25)27-16-7-9-18-29(27)37;1-2-12-23(13-3-1)34-26-16-4-6-18-28(26)35(29-19-7-5-17-27(29)34)36-37-30(24-14-8-10-20-32(24)39-37)22-31-25-15-9-11-21-33(25)40-38(31)36/h1-28H;3-24H,1-2H3;1-22H/i1D,2D,3D,13D,14D;;1D,2D,3D,12D,13D. The van der Waals surface area contributed by atoms with Crippen LogP contribution >= 0.6 is 0 Å². The van der Waals surface area contributed by atoms with Gasteiger partial charge in [0, 0.05) is 65.2 Å². The lowest BCUT2D eigenvalue weighted by Gasteiger charge is -2.21. The molecule has 0 spiro atoms. The van der Waals surface area contributed by atoms with E-state index >= 15 is 0 Å². The Kier molecular flexibility index (Phi) is 14.5. The lowest BCUT2D eigenvalue weighted by Crippen LogP contribution is -2.14. The van der Waals surface area contributed by atoms with Crippen molar-refractivity contribution in [2.24, 2.45) is 0 Å². The van der Waals surface area contributed by atoms with Gasteiger partial charge in [-0.25, -0.2) is 0 Å². The number of hydrogen-bond donors (Lipinski definition) is 0. The minimum atomic E-state index is -0.424. The average molecular weight is 1650 g/mol. The van der Waals surface area contributed by atoms with Crippen LogP contribution in [0.15, 0.2) is 454 Å². The van der Waals surface area contributed by atoms with Gasteiger partial charge in [-0.1, -0.05) is 408 Å². The van der Waals surface area contributed by atoms with Crippen LogP contribution in [0.2, 0.25) is 0 Å². The van der Waals surface area contributed by atoms with Crippen molar-refractivity contribution in [2.45, 2.75) is 19.3 Å². The Morgan fingerprint density at radius 3 is 1.13 bits per heavy atom. The third kappa shape index (κ3) is 11.4. The summed E-state index contributed by atoms with van der Waals surface area (Å²) in [4.78, 5) is 0. The van der Waals surface area contributed by atoms with Gasteiger partial charge in [-0.15, -0.1) is 0 Å². The molecule has 0 saturated heterocycles. The second-order valence-electron chi connectivity index (χ2n) is 34.1. The molecule has 0 fully saturated rings. The minimum absolute atomic E-state index is 0.0679. The zero-order valence-electron chi connectivity index (χ0n) is 79.9. The average Bonchev–Trinajstić information content (AvgIpc) is 1.65. The van der Waals surface area contributed by atoms with Crippen LogP contribution in [0.4, 0.5) is 0 Å². The van der Waals surface area contributed by atoms with Crippen molar-refractivity contribution in [3.63, 3.8) is 0 Å². The van der Waals surface area contributed by atoms with E-state index in [0.29, 0.717) is 33.5 Å². The molecule has 0 aliphatic heterocycles. The third-order valence-electron chi connectivity index (χ3n) is 26.9. The maximum atomic E-state index is 8.88. The molecule has 4 heterocycles. The lowest BCUT2D eigenvalue weighted by atomic mass is 9.82. The summed E-state index contributed by atoms with van der Waals surface area (Å²) >= 11 is 0. The first-order valence-corrected chi connectivity index (χ1v) is 43.7. The van der Waals surface area contributed by atoms with Gasteiger partial charge >= 0.3 is 0 Å². The molecule has 0 radical (unpaired) electrons. The topological polar surface area (TPSA) is 52.6 Å². The normalized spacial score (nSPS) is 13.6. The smallest absolute Gasteiger partial charge is 0.147 e. The highest BCUT2D eigenvalue weighted by molar-refractivity contribution is 6.33. The van der Waals surface area contributed by atoms with E-state index in [-0.39, 0.29) is 64.9 Å². The second-order valence-corrected chi connectivity index (χ2v) is 34.1. The lowest BCUT2D eigenvalue weighted by molar-refractivity contribution is 0.653. The first-order valence-electron chi connectivity index (χ1n) is 48.7. The van der Waals surface area contributed by atoms with E-state index in [2.05, 4.69) is 269 Å². The van der Waals surface area contributed by atoms with Crippen molar-refractivity contribution in [1.29, 1.82) is 0 Å². The molecule has 0 amide bonds.